The van der Waals surface area contributed by atoms with E-state index in [1.807, 2.05) is 0 Å². The molecule has 1 N–H and O–H groups in total. The van der Waals surface area contributed by atoms with Crippen LogP contribution in [0.2, 0.25) is 5.02 Å². The number of pyridine rings is 1. The Labute approximate surface area is 195 Å². The van der Waals surface area contributed by atoms with Gasteiger partial charge < -0.3 is 4.74 Å². The lowest BCUT2D eigenvalue weighted by atomic mass is 10.1. The molecule has 168 valence electrons. The van der Waals surface area contributed by atoms with Crippen LogP contribution in [0.5, 0.6) is 11.6 Å². The zero-order chi connectivity index (χ0) is 23.3. The number of hydrogen-bond acceptors (Lipinski definition) is 6. The van der Waals surface area contributed by atoms with Crippen molar-refractivity contribution in [3.63, 3.8) is 0 Å². The number of sulfonamides is 1. The van der Waals surface area contributed by atoms with E-state index >= 15 is 0 Å². The number of rotatable bonds is 6. The fourth-order valence-corrected chi connectivity index (χ4v) is 4.84. The standard InChI is InChI=1S/C23H18ClN3O5S/c1-13-11-19-20(23(29)27(22(19)28)16-7-8-16)21(25-13)32-17-4-2-3-15(12-17)26-33(30,31)18-9-5-14(24)6-10-18/h2-6,9-12,16,26H,7-8H2,1H3. The molecule has 2 aliphatic rings. The lowest BCUT2D eigenvalue weighted by Crippen LogP contribution is -2.31. The van der Waals surface area contributed by atoms with Gasteiger partial charge in [0.25, 0.3) is 21.8 Å². The molecule has 2 amide bonds. The van der Waals surface area contributed by atoms with Crippen LogP contribution >= 0.6 is 11.6 Å². The van der Waals surface area contributed by atoms with Crippen molar-refractivity contribution >= 4 is 39.1 Å². The Morgan fingerprint density at radius 3 is 2.48 bits per heavy atom. The Hall–Kier alpha value is -3.43. The first-order chi connectivity index (χ1) is 15.7. The molecule has 2 aromatic carbocycles. The third-order valence-corrected chi connectivity index (χ3v) is 6.98. The number of benzene rings is 2. The maximum Gasteiger partial charge on any atom is 0.267 e. The van der Waals surface area contributed by atoms with E-state index in [9.17, 15) is 18.0 Å². The maximum atomic E-state index is 12.9. The summed E-state index contributed by atoms with van der Waals surface area (Å²) in [5.74, 6) is -0.474. The number of anilines is 1. The molecule has 0 radical (unpaired) electrons. The smallest absolute Gasteiger partial charge is 0.267 e. The van der Waals surface area contributed by atoms with Gasteiger partial charge in [-0.1, -0.05) is 17.7 Å². The fraction of sp³-hybridized carbons (Fsp3) is 0.174. The predicted octanol–water partition coefficient (Wildman–Crippen LogP) is 4.39. The molecule has 2 heterocycles. The molecule has 0 spiro atoms. The van der Waals surface area contributed by atoms with Gasteiger partial charge in [0.15, 0.2) is 0 Å². The van der Waals surface area contributed by atoms with Gasteiger partial charge in [0.1, 0.15) is 11.3 Å². The van der Waals surface area contributed by atoms with Crippen LogP contribution in [-0.2, 0) is 10.0 Å². The average molecular weight is 484 g/mol. The molecule has 1 aromatic heterocycles. The van der Waals surface area contributed by atoms with E-state index in [0.717, 1.165) is 12.8 Å². The van der Waals surface area contributed by atoms with E-state index in [4.69, 9.17) is 16.3 Å². The van der Waals surface area contributed by atoms with E-state index in [1.165, 1.54) is 35.2 Å². The molecule has 0 saturated heterocycles. The van der Waals surface area contributed by atoms with Crippen LogP contribution in [0, 0.1) is 6.92 Å². The predicted molar refractivity (Wildman–Crippen MR) is 121 cm³/mol. The van der Waals surface area contributed by atoms with Gasteiger partial charge in [-0.05, 0) is 62.2 Å². The molecule has 8 nitrogen and oxygen atoms in total. The second-order valence-corrected chi connectivity index (χ2v) is 10.0. The second-order valence-electron chi connectivity index (χ2n) is 7.89. The summed E-state index contributed by atoms with van der Waals surface area (Å²) in [5.41, 5.74) is 1.19. The molecule has 1 saturated carbocycles. The van der Waals surface area contributed by atoms with Gasteiger partial charge in [0.2, 0.25) is 5.88 Å². The number of nitrogens with one attached hydrogen (secondary N) is 1. The first kappa shape index (κ1) is 21.4. The molecule has 1 aliphatic carbocycles. The molecule has 1 aliphatic heterocycles. The molecule has 0 atom stereocenters. The minimum absolute atomic E-state index is 0.0178. The SMILES string of the molecule is Cc1cc2c(c(Oc3cccc(NS(=O)(=O)c4ccc(Cl)cc4)c3)n1)C(=O)N(C1CC1)C2=O. The number of hydrogen-bond donors (Lipinski definition) is 1. The number of halogens is 1. The first-order valence-electron chi connectivity index (χ1n) is 10.2. The van der Waals surface area contributed by atoms with Crippen LogP contribution in [0.4, 0.5) is 5.69 Å². The highest BCUT2D eigenvalue weighted by atomic mass is 35.5. The van der Waals surface area contributed by atoms with Gasteiger partial charge in [0.05, 0.1) is 16.1 Å². The van der Waals surface area contributed by atoms with Crippen molar-refractivity contribution in [2.24, 2.45) is 0 Å². The number of amides is 2. The third-order valence-electron chi connectivity index (χ3n) is 5.33. The summed E-state index contributed by atoms with van der Waals surface area (Å²) in [4.78, 5) is 31.3. The lowest BCUT2D eigenvalue weighted by Gasteiger charge is -2.13. The quantitative estimate of drug-likeness (QED) is 0.521. The number of carbonyl (C=O) groups excluding carboxylic acids is 2. The highest BCUT2D eigenvalue weighted by Gasteiger charge is 2.46. The number of nitrogens with zero attached hydrogens (tertiary/aromatic N) is 2. The topological polar surface area (TPSA) is 106 Å². The van der Waals surface area contributed by atoms with Crippen molar-refractivity contribution in [2.45, 2.75) is 30.7 Å². The van der Waals surface area contributed by atoms with Crippen molar-refractivity contribution in [2.75, 3.05) is 4.72 Å². The first-order valence-corrected chi connectivity index (χ1v) is 12.0. The van der Waals surface area contributed by atoms with E-state index in [1.54, 1.807) is 31.2 Å². The summed E-state index contributed by atoms with van der Waals surface area (Å²) in [6.07, 6.45) is 1.59. The zero-order valence-electron chi connectivity index (χ0n) is 17.4. The van der Waals surface area contributed by atoms with Crippen molar-refractivity contribution in [3.05, 3.63) is 76.4 Å². The second kappa shape index (κ2) is 7.86. The van der Waals surface area contributed by atoms with E-state index < -0.39 is 15.9 Å². The summed E-state index contributed by atoms with van der Waals surface area (Å²) in [6.45, 7) is 1.71. The molecule has 33 heavy (non-hydrogen) atoms. The van der Waals surface area contributed by atoms with Crippen LogP contribution in [0.1, 0.15) is 39.3 Å². The van der Waals surface area contributed by atoms with Gasteiger partial charge >= 0.3 is 0 Å². The van der Waals surface area contributed by atoms with Crippen molar-refractivity contribution in [1.82, 2.24) is 9.88 Å². The van der Waals surface area contributed by atoms with Gasteiger partial charge in [-0.3, -0.25) is 19.2 Å². The summed E-state index contributed by atoms with van der Waals surface area (Å²) >= 11 is 5.83. The molecule has 3 aromatic rings. The Balaban J connectivity index is 1.44. The zero-order valence-corrected chi connectivity index (χ0v) is 19.0. The molecule has 10 heteroatoms. The summed E-state index contributed by atoms with van der Waals surface area (Å²) in [6, 6.07) is 13.6. The Morgan fingerprint density at radius 1 is 1.06 bits per heavy atom. The van der Waals surface area contributed by atoms with Crippen LogP contribution < -0.4 is 9.46 Å². The Kier molecular flexibility index (Phi) is 5.10. The third kappa shape index (κ3) is 4.05. The number of carbonyl (C=O) groups is 2. The highest BCUT2D eigenvalue weighted by Crippen LogP contribution is 2.39. The average Bonchev–Trinajstić information content (AvgIpc) is 3.55. The minimum atomic E-state index is -3.85. The van der Waals surface area contributed by atoms with Crippen LogP contribution in [0.15, 0.2) is 59.5 Å². The van der Waals surface area contributed by atoms with Gasteiger partial charge in [-0.25, -0.2) is 13.4 Å². The molecule has 5 rings (SSSR count). The van der Waals surface area contributed by atoms with Crippen molar-refractivity contribution in [3.8, 4) is 11.6 Å². The van der Waals surface area contributed by atoms with Crippen molar-refractivity contribution < 1.29 is 22.7 Å². The summed E-state index contributed by atoms with van der Waals surface area (Å²) in [7, 11) is -3.85. The molecule has 0 bridgehead atoms. The highest BCUT2D eigenvalue weighted by molar-refractivity contribution is 7.92. The number of aryl methyl sites for hydroxylation is 1. The van der Waals surface area contributed by atoms with Crippen LogP contribution in [-0.4, -0.2) is 36.2 Å². The monoisotopic (exact) mass is 483 g/mol. The van der Waals surface area contributed by atoms with E-state index in [0.29, 0.717) is 10.7 Å². The van der Waals surface area contributed by atoms with Crippen LogP contribution in [0.25, 0.3) is 0 Å². The molecule has 0 unspecified atom stereocenters. The number of imide groups is 1. The number of fused-ring (bicyclic) bond motifs is 1. The normalized spacial score (nSPS) is 15.5. The van der Waals surface area contributed by atoms with E-state index in [2.05, 4.69) is 9.71 Å². The maximum absolute atomic E-state index is 12.9. The molecular weight excluding hydrogens is 466 g/mol. The van der Waals surface area contributed by atoms with Gasteiger partial charge in [-0.2, -0.15) is 0 Å². The number of aromatic nitrogens is 1. The molecular formula is C23H18ClN3O5S. The summed E-state index contributed by atoms with van der Waals surface area (Å²) < 4.78 is 33.7. The Bertz CT molecular complexity index is 1400. The summed E-state index contributed by atoms with van der Waals surface area (Å²) in [5, 5.41) is 0.427. The Morgan fingerprint density at radius 2 is 1.79 bits per heavy atom. The fourth-order valence-electron chi connectivity index (χ4n) is 3.66. The largest absolute Gasteiger partial charge is 0.438 e. The van der Waals surface area contributed by atoms with Gasteiger partial charge in [-0.15, -0.1) is 0 Å². The van der Waals surface area contributed by atoms with E-state index in [-0.39, 0.29) is 45.3 Å². The lowest BCUT2D eigenvalue weighted by molar-refractivity contribution is 0.0642. The van der Waals surface area contributed by atoms with Crippen LogP contribution in [0.3, 0.4) is 0 Å². The number of ether oxygens (including phenoxy) is 1. The van der Waals surface area contributed by atoms with Crippen molar-refractivity contribution in [1.29, 1.82) is 0 Å². The molecule has 1 fully saturated rings. The minimum Gasteiger partial charge on any atom is -0.438 e. The van der Waals surface area contributed by atoms with Gasteiger partial charge in [0, 0.05) is 22.8 Å².